The van der Waals surface area contributed by atoms with Crippen LogP contribution in [0.25, 0.3) is 0 Å². The molecule has 1 aromatic rings. The molecule has 0 aromatic heterocycles. The van der Waals surface area contributed by atoms with Crippen LogP contribution in [0, 0.1) is 0 Å². The Morgan fingerprint density at radius 1 is 0.931 bits per heavy atom. The van der Waals surface area contributed by atoms with Gasteiger partial charge in [-0.2, -0.15) is 0 Å². The number of nitrogens with one attached hydrogen (secondary N) is 1. The third-order valence-electron chi connectivity index (χ3n) is 3.53. The molecule has 1 aromatic carbocycles. The van der Waals surface area contributed by atoms with E-state index in [1.165, 1.54) is 11.2 Å². The van der Waals surface area contributed by atoms with Gasteiger partial charge < -0.3 is 41.7 Å². The molecule has 0 saturated heterocycles. The maximum absolute atomic E-state index is 11.9. The summed E-state index contributed by atoms with van der Waals surface area (Å²) in [5.74, 6) is 4.69. The van der Waals surface area contributed by atoms with Gasteiger partial charge in [-0.05, 0) is 24.3 Å². The number of benzene rings is 1. The number of ether oxygens (including phenoxy) is 3. The normalized spacial score (nSPS) is 11.3. The fourth-order valence-electron chi connectivity index (χ4n) is 1.99. The van der Waals surface area contributed by atoms with Crippen LogP contribution >= 0.6 is 0 Å². The number of hydrogen-bond acceptors (Lipinski definition) is 9. The van der Waals surface area contributed by atoms with E-state index < -0.39 is 5.91 Å². The maximum atomic E-state index is 11.9. The zero-order valence-electron chi connectivity index (χ0n) is 16.3. The zero-order chi connectivity index (χ0) is 21.5. The molecule has 0 heterocycles. The van der Waals surface area contributed by atoms with Crippen molar-refractivity contribution < 1.29 is 23.8 Å². The Balaban J connectivity index is 1.91. The Morgan fingerprint density at radius 3 is 2.07 bits per heavy atom. The van der Waals surface area contributed by atoms with Crippen LogP contribution in [0.1, 0.15) is 10.4 Å². The minimum Gasteiger partial charge on any atom is -0.399 e. The summed E-state index contributed by atoms with van der Waals surface area (Å²) in [7, 11) is 0. The molecule has 0 saturated carbocycles. The predicted molar refractivity (Wildman–Crippen MR) is 108 cm³/mol. The molecule has 0 aliphatic heterocycles. The first-order valence-corrected chi connectivity index (χ1v) is 9.05. The van der Waals surface area contributed by atoms with Gasteiger partial charge in [0.05, 0.1) is 46.2 Å². The molecule has 29 heavy (non-hydrogen) atoms. The van der Waals surface area contributed by atoms with Crippen LogP contribution in [0.3, 0.4) is 0 Å². The molecular formula is C18H30N6O5. The first-order chi connectivity index (χ1) is 13.9. The highest BCUT2D eigenvalue weighted by molar-refractivity contribution is 5.94. The molecule has 0 atom stereocenters. The Morgan fingerprint density at radius 2 is 1.48 bits per heavy atom. The quantitative estimate of drug-likeness (QED) is 0.0756. The Labute approximate surface area is 169 Å². The molecule has 0 aliphatic carbocycles. The summed E-state index contributed by atoms with van der Waals surface area (Å²) in [6.07, 6.45) is 1.25. The van der Waals surface area contributed by atoms with Gasteiger partial charge in [-0.15, -0.1) is 0 Å². The molecule has 1 rings (SSSR count). The van der Waals surface area contributed by atoms with Gasteiger partial charge in [0, 0.05) is 24.0 Å². The van der Waals surface area contributed by atoms with Gasteiger partial charge >= 0.3 is 0 Å². The van der Waals surface area contributed by atoms with E-state index in [0.29, 0.717) is 64.0 Å². The van der Waals surface area contributed by atoms with Gasteiger partial charge in [-0.25, -0.2) is 5.84 Å². The lowest BCUT2D eigenvalue weighted by atomic mass is 10.2. The number of nitrogens with zero attached hydrogens (tertiary/aromatic N) is 1. The summed E-state index contributed by atoms with van der Waals surface area (Å²) >= 11 is 0. The van der Waals surface area contributed by atoms with Crippen LogP contribution in [0.4, 0.5) is 5.69 Å². The van der Waals surface area contributed by atoms with E-state index in [2.05, 4.69) is 5.32 Å². The van der Waals surface area contributed by atoms with Gasteiger partial charge in [0.25, 0.3) is 11.8 Å². The number of hydrogen-bond donors (Lipinski definition) is 5. The van der Waals surface area contributed by atoms with E-state index in [1.54, 1.807) is 24.3 Å². The summed E-state index contributed by atoms with van der Waals surface area (Å²) in [4.78, 5) is 22.6. The highest BCUT2D eigenvalue weighted by atomic mass is 16.5. The average Bonchev–Trinajstić information content (AvgIpc) is 2.69. The van der Waals surface area contributed by atoms with Gasteiger partial charge in [-0.3, -0.25) is 9.59 Å². The zero-order valence-corrected chi connectivity index (χ0v) is 16.3. The minimum absolute atomic E-state index is 0.124. The highest BCUT2D eigenvalue weighted by Crippen LogP contribution is 2.04. The molecule has 11 nitrogen and oxygen atoms in total. The Hall–Kier alpha value is -2.86. The lowest BCUT2D eigenvalue weighted by molar-refractivity contribution is -0.114. The van der Waals surface area contributed by atoms with Gasteiger partial charge in [0.2, 0.25) is 0 Å². The largest absolute Gasteiger partial charge is 0.399 e. The summed E-state index contributed by atoms with van der Waals surface area (Å²) in [6, 6.07) is 6.68. The number of carbonyl (C=O) groups excluding carboxylic acids is 2. The summed E-state index contributed by atoms with van der Waals surface area (Å²) in [5.41, 5.74) is 17.0. The Kier molecular flexibility index (Phi) is 11.8. The lowest BCUT2D eigenvalue weighted by Crippen LogP contribution is -2.32. The van der Waals surface area contributed by atoms with E-state index >= 15 is 0 Å². The van der Waals surface area contributed by atoms with Crippen LogP contribution in [-0.4, -0.2) is 69.6 Å². The van der Waals surface area contributed by atoms with Crippen molar-refractivity contribution in [1.29, 1.82) is 0 Å². The fourth-order valence-corrected chi connectivity index (χ4v) is 1.99. The third kappa shape index (κ3) is 11.5. The molecule has 11 heteroatoms. The second kappa shape index (κ2) is 14.2. The smallest absolute Gasteiger partial charge is 0.266 e. The topological polar surface area (TPSA) is 181 Å². The molecule has 0 radical (unpaired) electrons. The number of hydrazine groups is 1. The molecule has 162 valence electrons. The SMILES string of the molecule is NC(=O)/C(N)=C/N(N)CCOCCOCCOCCNC(=O)c1ccc(N)cc1. The first kappa shape index (κ1) is 24.2. The van der Waals surface area contributed by atoms with Crippen molar-refractivity contribution in [2.45, 2.75) is 0 Å². The monoisotopic (exact) mass is 410 g/mol. The maximum Gasteiger partial charge on any atom is 0.266 e. The van der Waals surface area contributed by atoms with Gasteiger partial charge in [-0.1, -0.05) is 0 Å². The molecule has 9 N–H and O–H groups in total. The first-order valence-electron chi connectivity index (χ1n) is 9.05. The lowest BCUT2D eigenvalue weighted by Gasteiger charge is -2.14. The second-order valence-electron chi connectivity index (χ2n) is 5.90. The van der Waals surface area contributed by atoms with E-state index in [0.717, 1.165) is 0 Å². The van der Waals surface area contributed by atoms with Crippen molar-refractivity contribution in [3.05, 3.63) is 41.7 Å². The summed E-state index contributed by atoms with van der Waals surface area (Å²) in [6.45, 7) is 3.08. The van der Waals surface area contributed by atoms with Crippen molar-refractivity contribution in [2.24, 2.45) is 17.3 Å². The third-order valence-corrected chi connectivity index (χ3v) is 3.53. The molecule has 2 amide bonds. The van der Waals surface area contributed by atoms with Gasteiger partial charge in [0.15, 0.2) is 0 Å². The van der Waals surface area contributed by atoms with E-state index in [-0.39, 0.29) is 11.6 Å². The molecule has 0 aliphatic rings. The van der Waals surface area contributed by atoms with Crippen LogP contribution in [0.2, 0.25) is 0 Å². The molecule has 0 fully saturated rings. The predicted octanol–water partition coefficient (Wildman–Crippen LogP) is -1.49. The number of anilines is 1. The fraction of sp³-hybridized carbons (Fsp3) is 0.444. The summed E-state index contributed by atoms with van der Waals surface area (Å²) in [5, 5.41) is 3.98. The standard InChI is InChI=1S/C18H30N6O5/c19-15-3-1-14(2-4-15)18(26)23-5-7-27-9-11-29-12-10-28-8-6-24(22)13-16(20)17(21)25/h1-4,13H,5-12,19-20,22H2,(H2,21,25)(H,23,26)/b16-13-. The average molecular weight is 410 g/mol. The number of rotatable bonds is 15. The summed E-state index contributed by atoms with van der Waals surface area (Å²) < 4.78 is 16.1. The number of nitrogens with two attached hydrogens (primary N) is 4. The Bertz CT molecular complexity index is 653. The number of carbonyl (C=O) groups is 2. The van der Waals surface area contributed by atoms with E-state index in [4.69, 9.17) is 37.3 Å². The van der Waals surface area contributed by atoms with Crippen LogP contribution in [-0.2, 0) is 19.0 Å². The van der Waals surface area contributed by atoms with Crippen molar-refractivity contribution in [3.8, 4) is 0 Å². The van der Waals surface area contributed by atoms with Crippen LogP contribution in [0.5, 0.6) is 0 Å². The number of primary amides is 1. The van der Waals surface area contributed by atoms with Gasteiger partial charge in [0.1, 0.15) is 5.70 Å². The second-order valence-corrected chi connectivity index (χ2v) is 5.90. The van der Waals surface area contributed by atoms with Crippen molar-refractivity contribution in [2.75, 3.05) is 58.5 Å². The number of nitrogen functional groups attached to an aromatic ring is 1. The number of amides is 2. The van der Waals surface area contributed by atoms with E-state index in [9.17, 15) is 9.59 Å². The van der Waals surface area contributed by atoms with Crippen molar-refractivity contribution >= 4 is 17.5 Å². The molecule has 0 bridgehead atoms. The minimum atomic E-state index is -0.735. The van der Waals surface area contributed by atoms with Crippen LogP contribution < -0.4 is 28.4 Å². The van der Waals surface area contributed by atoms with E-state index in [1.807, 2.05) is 0 Å². The molecule has 0 spiro atoms. The molecule has 0 unspecified atom stereocenters. The molecular weight excluding hydrogens is 380 g/mol. The van der Waals surface area contributed by atoms with Crippen molar-refractivity contribution in [3.63, 3.8) is 0 Å². The van der Waals surface area contributed by atoms with Crippen molar-refractivity contribution in [1.82, 2.24) is 10.3 Å². The highest BCUT2D eigenvalue weighted by Gasteiger charge is 2.04. The van der Waals surface area contributed by atoms with Crippen LogP contribution in [0.15, 0.2) is 36.2 Å².